The molecule has 2 rings (SSSR count). The van der Waals surface area contributed by atoms with E-state index in [0.29, 0.717) is 6.42 Å². The summed E-state index contributed by atoms with van der Waals surface area (Å²) < 4.78 is 79.7. The molecule has 1 amide bonds. The molecule has 1 aromatic carbocycles. The van der Waals surface area contributed by atoms with Crippen LogP contribution in [0.2, 0.25) is 0 Å². The number of hydrogen-bond donors (Lipinski definition) is 1. The number of alkyl halides is 3. The molecule has 1 atom stereocenters. The van der Waals surface area contributed by atoms with Crippen LogP contribution in [-0.2, 0) is 24.3 Å². The first-order chi connectivity index (χ1) is 12.5. The van der Waals surface area contributed by atoms with Gasteiger partial charge in [0, 0.05) is 6.54 Å². The van der Waals surface area contributed by atoms with Crippen LogP contribution in [0, 0.1) is 5.82 Å². The van der Waals surface area contributed by atoms with Gasteiger partial charge >= 0.3 is 12.1 Å². The molecule has 1 saturated heterocycles. The lowest BCUT2D eigenvalue weighted by molar-refractivity contribution is -0.153. The molecule has 150 valence electrons. The summed E-state index contributed by atoms with van der Waals surface area (Å²) >= 11 is 0. The maximum Gasteiger partial charge on any atom is 0.405 e. The second-order valence-electron chi connectivity index (χ2n) is 5.73. The van der Waals surface area contributed by atoms with E-state index < -0.39 is 53.1 Å². The maximum absolute atomic E-state index is 13.0. The quantitative estimate of drug-likeness (QED) is 0.560. The van der Waals surface area contributed by atoms with E-state index in [9.17, 15) is 35.6 Å². The minimum atomic E-state index is -4.61. The largest absolute Gasteiger partial charge is 0.454 e. The average Bonchev–Trinajstić information content (AvgIpc) is 3.08. The van der Waals surface area contributed by atoms with E-state index in [1.807, 2.05) is 0 Å². The van der Waals surface area contributed by atoms with Crippen molar-refractivity contribution in [3.05, 3.63) is 30.1 Å². The van der Waals surface area contributed by atoms with Gasteiger partial charge in [0.15, 0.2) is 6.61 Å². The molecule has 0 aromatic heterocycles. The first kappa shape index (κ1) is 21.1. The normalized spacial score (nSPS) is 18.3. The van der Waals surface area contributed by atoms with E-state index >= 15 is 0 Å². The molecule has 1 aromatic rings. The second kappa shape index (κ2) is 8.21. The van der Waals surface area contributed by atoms with Crippen molar-refractivity contribution in [1.82, 2.24) is 9.62 Å². The van der Waals surface area contributed by atoms with Gasteiger partial charge in [0.1, 0.15) is 18.4 Å². The highest BCUT2D eigenvalue weighted by atomic mass is 32.2. The highest BCUT2D eigenvalue weighted by molar-refractivity contribution is 7.89. The van der Waals surface area contributed by atoms with Crippen LogP contribution in [0.4, 0.5) is 17.6 Å². The predicted molar refractivity (Wildman–Crippen MR) is 83.3 cm³/mol. The molecule has 1 N–H and O–H groups in total. The Labute approximate surface area is 152 Å². The van der Waals surface area contributed by atoms with E-state index in [-0.39, 0.29) is 17.9 Å². The molecule has 1 heterocycles. The Hall–Kier alpha value is -2.21. The van der Waals surface area contributed by atoms with Crippen molar-refractivity contribution in [3.8, 4) is 0 Å². The monoisotopic (exact) mass is 412 g/mol. The third-order valence-corrected chi connectivity index (χ3v) is 5.65. The van der Waals surface area contributed by atoms with Crippen LogP contribution >= 0.6 is 0 Å². The number of ether oxygens (including phenoxy) is 1. The molecule has 0 aliphatic carbocycles. The summed E-state index contributed by atoms with van der Waals surface area (Å²) in [4.78, 5) is 23.2. The topological polar surface area (TPSA) is 92.8 Å². The SMILES string of the molecule is O=C(COC(=O)[C@@H]1CCCN1S(=O)(=O)c1ccc(F)cc1)NCC(F)(F)F. The van der Waals surface area contributed by atoms with Gasteiger partial charge in [-0.05, 0) is 37.1 Å². The van der Waals surface area contributed by atoms with E-state index in [1.165, 1.54) is 5.32 Å². The number of sulfonamides is 1. The van der Waals surface area contributed by atoms with Gasteiger partial charge in [-0.2, -0.15) is 17.5 Å². The van der Waals surface area contributed by atoms with Crippen LogP contribution in [0.5, 0.6) is 0 Å². The Bertz CT molecular complexity index is 795. The molecular weight excluding hydrogens is 396 g/mol. The van der Waals surface area contributed by atoms with Crippen molar-refractivity contribution in [1.29, 1.82) is 0 Å². The van der Waals surface area contributed by atoms with Crippen molar-refractivity contribution in [2.24, 2.45) is 0 Å². The highest BCUT2D eigenvalue weighted by Gasteiger charge is 2.40. The first-order valence-corrected chi connectivity index (χ1v) is 9.22. The summed E-state index contributed by atoms with van der Waals surface area (Å²) in [5, 5.41) is 1.53. The van der Waals surface area contributed by atoms with Crippen LogP contribution in [0.1, 0.15) is 12.8 Å². The van der Waals surface area contributed by atoms with Crippen molar-refractivity contribution < 1.29 is 40.3 Å². The van der Waals surface area contributed by atoms with Crippen molar-refractivity contribution in [2.75, 3.05) is 19.7 Å². The van der Waals surface area contributed by atoms with E-state index in [4.69, 9.17) is 0 Å². The van der Waals surface area contributed by atoms with Crippen molar-refractivity contribution >= 4 is 21.9 Å². The minimum Gasteiger partial charge on any atom is -0.454 e. The summed E-state index contributed by atoms with van der Waals surface area (Å²) in [5.41, 5.74) is 0. The summed E-state index contributed by atoms with van der Waals surface area (Å²) in [6.45, 7) is -2.52. The minimum absolute atomic E-state index is 0.0136. The molecule has 1 aliphatic rings. The Morgan fingerprint density at radius 1 is 1.22 bits per heavy atom. The smallest absolute Gasteiger partial charge is 0.405 e. The second-order valence-corrected chi connectivity index (χ2v) is 7.62. The number of amides is 1. The first-order valence-electron chi connectivity index (χ1n) is 7.78. The summed E-state index contributed by atoms with van der Waals surface area (Å²) in [5.74, 6) is -2.83. The Morgan fingerprint density at radius 2 is 1.85 bits per heavy atom. The van der Waals surface area contributed by atoms with Crippen molar-refractivity contribution in [3.63, 3.8) is 0 Å². The maximum atomic E-state index is 13.0. The van der Waals surface area contributed by atoms with Crippen LogP contribution in [0.15, 0.2) is 29.2 Å². The predicted octanol–water partition coefficient (Wildman–Crippen LogP) is 1.20. The van der Waals surface area contributed by atoms with Gasteiger partial charge in [-0.15, -0.1) is 0 Å². The average molecular weight is 412 g/mol. The van der Waals surface area contributed by atoms with Crippen LogP contribution in [0.25, 0.3) is 0 Å². The zero-order valence-corrected chi connectivity index (χ0v) is 14.6. The number of halogens is 4. The molecule has 12 heteroatoms. The number of hydrogen-bond acceptors (Lipinski definition) is 5. The lowest BCUT2D eigenvalue weighted by Gasteiger charge is -2.22. The number of esters is 1. The number of nitrogens with one attached hydrogen (secondary N) is 1. The molecule has 0 saturated carbocycles. The number of rotatable bonds is 6. The van der Waals surface area contributed by atoms with Gasteiger partial charge in [-0.3, -0.25) is 9.59 Å². The van der Waals surface area contributed by atoms with Gasteiger partial charge in [-0.1, -0.05) is 0 Å². The van der Waals surface area contributed by atoms with Crippen LogP contribution in [0.3, 0.4) is 0 Å². The third kappa shape index (κ3) is 5.63. The fourth-order valence-corrected chi connectivity index (χ4v) is 4.13. The molecule has 1 fully saturated rings. The number of carbonyl (C=O) groups is 2. The van der Waals surface area contributed by atoms with Crippen molar-refractivity contribution in [2.45, 2.75) is 30.0 Å². The Kier molecular flexibility index (Phi) is 6.42. The highest BCUT2D eigenvalue weighted by Crippen LogP contribution is 2.27. The Balaban J connectivity index is 1.99. The lowest BCUT2D eigenvalue weighted by Crippen LogP contribution is -2.43. The molecule has 1 aliphatic heterocycles. The van der Waals surface area contributed by atoms with Gasteiger partial charge < -0.3 is 10.1 Å². The van der Waals surface area contributed by atoms with Gasteiger partial charge in [0.25, 0.3) is 5.91 Å². The zero-order chi connectivity index (χ0) is 20.2. The Morgan fingerprint density at radius 3 is 2.44 bits per heavy atom. The summed E-state index contributed by atoms with van der Waals surface area (Å²) in [6, 6.07) is 2.81. The molecule has 27 heavy (non-hydrogen) atoms. The molecule has 0 unspecified atom stereocenters. The zero-order valence-electron chi connectivity index (χ0n) is 13.8. The number of nitrogens with zero attached hydrogens (tertiary/aromatic N) is 1. The summed E-state index contributed by atoms with van der Waals surface area (Å²) in [7, 11) is -4.10. The van der Waals surface area contributed by atoms with Gasteiger partial charge in [0.2, 0.25) is 10.0 Å². The van der Waals surface area contributed by atoms with E-state index in [1.54, 1.807) is 0 Å². The number of benzene rings is 1. The van der Waals surface area contributed by atoms with Crippen LogP contribution in [-0.4, -0.2) is 56.5 Å². The van der Waals surface area contributed by atoms with E-state index in [2.05, 4.69) is 4.74 Å². The fourth-order valence-electron chi connectivity index (χ4n) is 2.49. The van der Waals surface area contributed by atoms with Gasteiger partial charge in [-0.25, -0.2) is 12.8 Å². The van der Waals surface area contributed by atoms with Gasteiger partial charge in [0.05, 0.1) is 4.90 Å². The summed E-state index contributed by atoms with van der Waals surface area (Å²) in [6.07, 6.45) is -4.13. The molecular formula is C15H16F4N2O5S. The number of carbonyl (C=O) groups excluding carboxylic acids is 2. The van der Waals surface area contributed by atoms with E-state index in [0.717, 1.165) is 28.6 Å². The fraction of sp³-hybridized carbons (Fsp3) is 0.467. The molecule has 0 bridgehead atoms. The molecule has 0 spiro atoms. The lowest BCUT2D eigenvalue weighted by atomic mass is 10.2. The molecule has 7 nitrogen and oxygen atoms in total. The van der Waals surface area contributed by atoms with Crippen LogP contribution < -0.4 is 5.32 Å². The third-order valence-electron chi connectivity index (χ3n) is 3.73. The molecule has 0 radical (unpaired) electrons. The standard InChI is InChI=1S/C15H16F4N2O5S/c16-10-3-5-11(6-4-10)27(24,25)21-7-1-2-12(21)14(23)26-8-13(22)20-9-15(17,18)19/h3-6,12H,1-2,7-9H2,(H,20,22)/t12-/m0/s1.